The van der Waals surface area contributed by atoms with Gasteiger partial charge in [0.1, 0.15) is 6.26 Å². The molecule has 2 aromatic rings. The summed E-state index contributed by atoms with van der Waals surface area (Å²) in [4.78, 5) is 31.1. The van der Waals surface area contributed by atoms with Crippen LogP contribution in [0, 0.1) is 0 Å². The van der Waals surface area contributed by atoms with Gasteiger partial charge >= 0.3 is 0 Å². The molecule has 28 heavy (non-hydrogen) atoms. The van der Waals surface area contributed by atoms with Crippen LogP contribution >= 0.6 is 23.2 Å². The van der Waals surface area contributed by atoms with E-state index in [-0.39, 0.29) is 47.1 Å². The topological polar surface area (TPSA) is 75.4 Å². The monoisotopic (exact) mass is 425 g/mol. The lowest BCUT2D eigenvalue weighted by Crippen LogP contribution is -2.38. The SMILES string of the molecule is CCC(C)NC(=O)c1coc(CN(C(=O)c2ccc(Cl)cc2Cl)C(C)CC)n1. The van der Waals surface area contributed by atoms with Crippen LogP contribution in [-0.2, 0) is 6.54 Å². The first-order valence-electron chi connectivity index (χ1n) is 9.28. The van der Waals surface area contributed by atoms with Crippen molar-refractivity contribution in [2.45, 2.75) is 59.2 Å². The summed E-state index contributed by atoms with van der Waals surface area (Å²) in [5, 5.41) is 3.58. The van der Waals surface area contributed by atoms with E-state index in [1.807, 2.05) is 27.7 Å². The standard InChI is InChI=1S/C20H25Cl2N3O3/c1-5-12(3)23-19(26)17-11-28-18(24-17)10-25(13(4)6-2)20(27)15-8-7-14(21)9-16(15)22/h7-9,11-13H,5-6,10H2,1-4H3,(H,23,26). The number of benzene rings is 1. The molecule has 0 aliphatic carbocycles. The molecule has 2 atom stereocenters. The van der Waals surface area contributed by atoms with E-state index in [0.29, 0.717) is 10.6 Å². The zero-order chi connectivity index (χ0) is 20.8. The minimum absolute atomic E-state index is 0.0397. The number of aromatic nitrogens is 1. The molecule has 6 nitrogen and oxygen atoms in total. The Morgan fingerprint density at radius 1 is 1.21 bits per heavy atom. The second-order valence-electron chi connectivity index (χ2n) is 6.72. The van der Waals surface area contributed by atoms with Crippen LogP contribution in [0.2, 0.25) is 10.0 Å². The second-order valence-corrected chi connectivity index (χ2v) is 7.57. The average molecular weight is 426 g/mol. The Bertz CT molecular complexity index is 838. The minimum atomic E-state index is -0.300. The number of carbonyl (C=O) groups is 2. The number of hydrogen-bond donors (Lipinski definition) is 1. The van der Waals surface area contributed by atoms with Crippen molar-refractivity contribution in [2.24, 2.45) is 0 Å². The summed E-state index contributed by atoms with van der Waals surface area (Å²) in [5.74, 6) is -0.264. The van der Waals surface area contributed by atoms with Crippen LogP contribution in [0.1, 0.15) is 67.3 Å². The molecule has 0 radical (unpaired) electrons. The summed E-state index contributed by atoms with van der Waals surface area (Å²) in [6, 6.07) is 4.72. The third-order valence-electron chi connectivity index (χ3n) is 4.63. The smallest absolute Gasteiger partial charge is 0.273 e. The van der Waals surface area contributed by atoms with E-state index >= 15 is 0 Å². The van der Waals surface area contributed by atoms with Gasteiger partial charge in [0.25, 0.3) is 11.8 Å². The summed E-state index contributed by atoms with van der Waals surface area (Å²) in [7, 11) is 0. The van der Waals surface area contributed by atoms with Gasteiger partial charge in [-0.1, -0.05) is 37.0 Å². The predicted octanol–water partition coefficient (Wildman–Crippen LogP) is 4.95. The van der Waals surface area contributed by atoms with Gasteiger partial charge < -0.3 is 14.6 Å². The number of halogens is 2. The zero-order valence-corrected chi connectivity index (χ0v) is 18.0. The van der Waals surface area contributed by atoms with Crippen LogP contribution in [0.25, 0.3) is 0 Å². The van der Waals surface area contributed by atoms with Crippen LogP contribution in [0.5, 0.6) is 0 Å². The van der Waals surface area contributed by atoms with Crippen LogP contribution in [0.15, 0.2) is 28.9 Å². The van der Waals surface area contributed by atoms with Gasteiger partial charge in [-0.3, -0.25) is 9.59 Å². The van der Waals surface area contributed by atoms with Gasteiger partial charge in [-0.15, -0.1) is 0 Å². The second kappa shape index (κ2) is 9.94. The lowest BCUT2D eigenvalue weighted by Gasteiger charge is -2.27. The number of nitrogens with one attached hydrogen (secondary N) is 1. The Morgan fingerprint density at radius 2 is 1.93 bits per heavy atom. The predicted molar refractivity (Wildman–Crippen MR) is 110 cm³/mol. The van der Waals surface area contributed by atoms with Crippen molar-refractivity contribution < 1.29 is 14.0 Å². The normalized spacial score (nSPS) is 13.1. The summed E-state index contributed by atoms with van der Waals surface area (Å²) < 4.78 is 5.44. The van der Waals surface area contributed by atoms with Crippen molar-refractivity contribution >= 4 is 35.0 Å². The fourth-order valence-corrected chi connectivity index (χ4v) is 2.99. The fourth-order valence-electron chi connectivity index (χ4n) is 2.50. The summed E-state index contributed by atoms with van der Waals surface area (Å²) in [6.07, 6.45) is 2.86. The molecule has 0 saturated carbocycles. The zero-order valence-electron chi connectivity index (χ0n) is 16.5. The highest BCUT2D eigenvalue weighted by Crippen LogP contribution is 2.24. The summed E-state index contributed by atoms with van der Waals surface area (Å²) >= 11 is 12.1. The number of hydrogen-bond acceptors (Lipinski definition) is 4. The van der Waals surface area contributed by atoms with Crippen LogP contribution in [-0.4, -0.2) is 33.8 Å². The lowest BCUT2D eigenvalue weighted by molar-refractivity contribution is 0.0652. The van der Waals surface area contributed by atoms with E-state index in [0.717, 1.165) is 12.8 Å². The molecule has 1 aromatic carbocycles. The molecule has 8 heteroatoms. The van der Waals surface area contributed by atoms with Gasteiger partial charge in [0.05, 0.1) is 17.1 Å². The molecule has 0 aliphatic rings. The van der Waals surface area contributed by atoms with Crippen molar-refractivity contribution in [1.82, 2.24) is 15.2 Å². The molecular formula is C20H25Cl2N3O3. The van der Waals surface area contributed by atoms with Gasteiger partial charge in [0, 0.05) is 17.1 Å². The maximum atomic E-state index is 13.1. The van der Waals surface area contributed by atoms with Gasteiger partial charge in [0.2, 0.25) is 5.89 Å². The van der Waals surface area contributed by atoms with E-state index in [2.05, 4.69) is 10.3 Å². The van der Waals surface area contributed by atoms with Gasteiger partial charge in [-0.05, 0) is 44.9 Å². The Morgan fingerprint density at radius 3 is 2.54 bits per heavy atom. The molecule has 0 saturated heterocycles. The lowest BCUT2D eigenvalue weighted by atomic mass is 10.1. The van der Waals surface area contributed by atoms with Gasteiger partial charge in [-0.25, -0.2) is 4.98 Å². The molecule has 0 bridgehead atoms. The molecule has 1 N–H and O–H groups in total. The Hall–Kier alpha value is -2.05. The highest BCUT2D eigenvalue weighted by molar-refractivity contribution is 6.36. The Balaban J connectivity index is 2.21. The summed E-state index contributed by atoms with van der Waals surface area (Å²) in [5.41, 5.74) is 0.545. The Kier molecular flexibility index (Phi) is 7.89. The maximum Gasteiger partial charge on any atom is 0.273 e. The molecule has 0 aliphatic heterocycles. The van der Waals surface area contributed by atoms with Crippen molar-refractivity contribution in [1.29, 1.82) is 0 Å². The van der Waals surface area contributed by atoms with E-state index < -0.39 is 0 Å². The van der Waals surface area contributed by atoms with E-state index in [4.69, 9.17) is 27.6 Å². The molecule has 2 rings (SSSR count). The third-order valence-corrected chi connectivity index (χ3v) is 5.17. The number of amides is 2. The maximum absolute atomic E-state index is 13.1. The van der Waals surface area contributed by atoms with E-state index in [1.54, 1.807) is 17.0 Å². The van der Waals surface area contributed by atoms with Gasteiger partial charge in [-0.2, -0.15) is 0 Å². The Labute approximate surface area is 175 Å². The van der Waals surface area contributed by atoms with Crippen LogP contribution in [0.4, 0.5) is 0 Å². The molecule has 2 unspecified atom stereocenters. The first-order valence-corrected chi connectivity index (χ1v) is 10.0. The number of rotatable bonds is 8. The minimum Gasteiger partial charge on any atom is -0.446 e. The number of carbonyl (C=O) groups excluding carboxylic acids is 2. The van der Waals surface area contributed by atoms with Crippen molar-refractivity contribution in [3.8, 4) is 0 Å². The number of nitrogens with zero attached hydrogens (tertiary/aromatic N) is 2. The molecule has 1 aromatic heterocycles. The van der Waals surface area contributed by atoms with Crippen LogP contribution in [0.3, 0.4) is 0 Å². The molecule has 152 valence electrons. The van der Waals surface area contributed by atoms with Crippen molar-refractivity contribution in [3.63, 3.8) is 0 Å². The van der Waals surface area contributed by atoms with Gasteiger partial charge in [0.15, 0.2) is 5.69 Å². The molecular weight excluding hydrogens is 401 g/mol. The quantitative estimate of drug-likeness (QED) is 0.648. The first-order chi connectivity index (χ1) is 13.3. The largest absolute Gasteiger partial charge is 0.446 e. The van der Waals surface area contributed by atoms with Crippen molar-refractivity contribution in [2.75, 3.05) is 0 Å². The molecule has 0 fully saturated rings. The fraction of sp³-hybridized carbons (Fsp3) is 0.450. The van der Waals surface area contributed by atoms with E-state index in [9.17, 15) is 9.59 Å². The first kappa shape index (κ1) is 22.2. The summed E-state index contributed by atoms with van der Waals surface area (Å²) in [6.45, 7) is 7.94. The highest BCUT2D eigenvalue weighted by atomic mass is 35.5. The van der Waals surface area contributed by atoms with Crippen molar-refractivity contribution in [3.05, 3.63) is 51.7 Å². The molecule has 1 heterocycles. The third kappa shape index (κ3) is 5.49. The highest BCUT2D eigenvalue weighted by Gasteiger charge is 2.25. The average Bonchev–Trinajstić information content (AvgIpc) is 3.13. The van der Waals surface area contributed by atoms with Crippen LogP contribution < -0.4 is 5.32 Å². The molecule has 0 spiro atoms. The molecule has 2 amide bonds. The number of oxazole rings is 1. The van der Waals surface area contributed by atoms with E-state index in [1.165, 1.54) is 12.3 Å².